The van der Waals surface area contributed by atoms with Gasteiger partial charge in [0.2, 0.25) is 0 Å². The number of aromatic nitrogens is 3. The third kappa shape index (κ3) is 4.38. The molecule has 0 aliphatic carbocycles. The summed E-state index contributed by atoms with van der Waals surface area (Å²) in [6, 6.07) is 4.44. The molecule has 8 nitrogen and oxygen atoms in total. The van der Waals surface area contributed by atoms with Gasteiger partial charge in [-0.25, -0.2) is 14.1 Å². The maximum Gasteiger partial charge on any atom is 0.416 e. The van der Waals surface area contributed by atoms with Gasteiger partial charge >= 0.3 is 6.18 Å². The maximum atomic E-state index is 14.9. The van der Waals surface area contributed by atoms with Crippen LogP contribution in [-0.2, 0) is 6.18 Å². The Kier molecular flexibility index (Phi) is 5.88. The van der Waals surface area contributed by atoms with Gasteiger partial charge in [-0.1, -0.05) is 0 Å². The fraction of sp³-hybridized carbons (Fsp3) is 0.200. The molecule has 2 amide bonds. The molecule has 0 saturated heterocycles. The van der Waals surface area contributed by atoms with E-state index >= 15 is 0 Å². The minimum atomic E-state index is -4.62. The Balaban J connectivity index is 1.94. The summed E-state index contributed by atoms with van der Waals surface area (Å²) in [5, 5.41) is 6.35. The minimum absolute atomic E-state index is 0.0284. The van der Waals surface area contributed by atoms with Crippen molar-refractivity contribution in [2.24, 2.45) is 5.73 Å². The number of primary amides is 1. The lowest BCUT2D eigenvalue weighted by Crippen LogP contribution is -2.15. The average molecular weight is 450 g/mol. The van der Waals surface area contributed by atoms with Crippen LogP contribution in [-0.4, -0.2) is 26.6 Å². The van der Waals surface area contributed by atoms with E-state index in [9.17, 15) is 27.2 Å². The molecule has 2 heterocycles. The minimum Gasteiger partial charge on any atom is -0.383 e. The predicted octanol–water partition coefficient (Wildman–Crippen LogP) is 3.62. The number of hydrogen-bond donors (Lipinski definition) is 3. The Morgan fingerprint density at radius 3 is 2.41 bits per heavy atom. The first-order valence-electron chi connectivity index (χ1n) is 9.22. The largest absolute Gasteiger partial charge is 0.416 e. The third-order valence-electron chi connectivity index (χ3n) is 4.50. The smallest absolute Gasteiger partial charge is 0.383 e. The predicted molar refractivity (Wildman–Crippen MR) is 108 cm³/mol. The topological polar surface area (TPSA) is 129 Å². The monoisotopic (exact) mass is 450 g/mol. The number of alkyl halides is 3. The first-order chi connectivity index (χ1) is 14.9. The molecule has 0 unspecified atom stereocenters. The fourth-order valence-corrected chi connectivity index (χ4v) is 2.98. The number of carbonyl (C=O) groups is 2. The van der Waals surface area contributed by atoms with Crippen LogP contribution in [0.5, 0.6) is 0 Å². The van der Waals surface area contributed by atoms with Crippen LogP contribution in [0.1, 0.15) is 46.2 Å². The summed E-state index contributed by atoms with van der Waals surface area (Å²) in [5.41, 5.74) is 9.73. The molecule has 3 rings (SSSR count). The molecule has 168 valence electrons. The second-order valence-electron chi connectivity index (χ2n) is 7.09. The van der Waals surface area contributed by atoms with Crippen molar-refractivity contribution in [3.63, 3.8) is 0 Å². The lowest BCUT2D eigenvalue weighted by atomic mass is 10.0. The van der Waals surface area contributed by atoms with Crippen molar-refractivity contribution in [2.45, 2.75) is 26.1 Å². The van der Waals surface area contributed by atoms with Crippen molar-refractivity contribution < 1.29 is 27.2 Å². The summed E-state index contributed by atoms with van der Waals surface area (Å²) in [6.45, 7) is 3.51. The quantitative estimate of drug-likeness (QED) is 0.512. The van der Waals surface area contributed by atoms with Crippen molar-refractivity contribution in [2.75, 3.05) is 11.1 Å². The molecule has 5 N–H and O–H groups in total. The van der Waals surface area contributed by atoms with Gasteiger partial charge in [0, 0.05) is 23.4 Å². The molecule has 0 bridgehead atoms. The number of nitrogens with zero attached hydrogens (tertiary/aromatic N) is 3. The maximum absolute atomic E-state index is 14.9. The van der Waals surface area contributed by atoms with Crippen LogP contribution in [0.25, 0.3) is 11.3 Å². The van der Waals surface area contributed by atoms with Gasteiger partial charge in [0.1, 0.15) is 28.7 Å². The Labute approximate surface area is 179 Å². The molecule has 32 heavy (non-hydrogen) atoms. The molecule has 0 fully saturated rings. The van der Waals surface area contributed by atoms with Crippen LogP contribution in [0.3, 0.4) is 0 Å². The van der Waals surface area contributed by atoms with E-state index in [1.807, 2.05) is 0 Å². The normalized spacial score (nSPS) is 11.6. The molecule has 12 heteroatoms. The van der Waals surface area contributed by atoms with Gasteiger partial charge in [-0.15, -0.1) is 0 Å². The van der Waals surface area contributed by atoms with Crippen LogP contribution >= 0.6 is 0 Å². The van der Waals surface area contributed by atoms with Gasteiger partial charge in [-0.05, 0) is 44.2 Å². The van der Waals surface area contributed by atoms with E-state index in [2.05, 4.69) is 15.4 Å². The zero-order valence-electron chi connectivity index (χ0n) is 16.9. The highest BCUT2D eigenvalue weighted by Gasteiger charge is 2.31. The molecular weight excluding hydrogens is 432 g/mol. The van der Waals surface area contributed by atoms with Crippen molar-refractivity contribution in [1.82, 2.24) is 14.8 Å². The molecule has 1 aromatic carbocycles. The zero-order valence-corrected chi connectivity index (χ0v) is 16.9. The SMILES string of the molecule is CC(C)n1nc(-c2ccc(C(=O)Nc3cc(C(F)(F)F)ccn3)cc2F)c(C(N)=O)c1N. The van der Waals surface area contributed by atoms with E-state index in [0.29, 0.717) is 6.07 Å². The van der Waals surface area contributed by atoms with E-state index < -0.39 is 29.4 Å². The highest BCUT2D eigenvalue weighted by atomic mass is 19.4. The van der Waals surface area contributed by atoms with E-state index in [1.165, 1.54) is 16.8 Å². The molecule has 0 atom stereocenters. The van der Waals surface area contributed by atoms with Crippen LogP contribution in [0.2, 0.25) is 0 Å². The highest BCUT2D eigenvalue weighted by Crippen LogP contribution is 2.32. The lowest BCUT2D eigenvalue weighted by Gasteiger charge is -2.10. The van der Waals surface area contributed by atoms with Gasteiger partial charge in [-0.2, -0.15) is 18.3 Å². The van der Waals surface area contributed by atoms with E-state index in [4.69, 9.17) is 11.5 Å². The second-order valence-corrected chi connectivity index (χ2v) is 7.09. The van der Waals surface area contributed by atoms with Crippen molar-refractivity contribution >= 4 is 23.5 Å². The molecule has 3 aromatic rings. The molecule has 0 aliphatic heterocycles. The Morgan fingerprint density at radius 1 is 1.16 bits per heavy atom. The van der Waals surface area contributed by atoms with E-state index in [1.54, 1.807) is 13.8 Å². The number of nitrogens with two attached hydrogens (primary N) is 2. The number of nitrogen functional groups attached to an aromatic ring is 1. The van der Waals surface area contributed by atoms with Gasteiger partial charge < -0.3 is 16.8 Å². The first kappa shape index (κ1) is 22.7. The fourth-order valence-electron chi connectivity index (χ4n) is 2.98. The number of pyridine rings is 1. The van der Waals surface area contributed by atoms with E-state index in [0.717, 1.165) is 18.3 Å². The summed E-state index contributed by atoms with van der Waals surface area (Å²) in [6.07, 6.45) is -3.72. The molecule has 2 aromatic heterocycles. The van der Waals surface area contributed by atoms with Crippen LogP contribution in [0, 0.1) is 5.82 Å². The summed E-state index contributed by atoms with van der Waals surface area (Å²) in [4.78, 5) is 27.9. The lowest BCUT2D eigenvalue weighted by molar-refractivity contribution is -0.137. The summed E-state index contributed by atoms with van der Waals surface area (Å²) < 4.78 is 54.6. The summed E-state index contributed by atoms with van der Waals surface area (Å²) in [5.74, 6) is -3.08. The molecule has 0 radical (unpaired) electrons. The van der Waals surface area contributed by atoms with Crippen molar-refractivity contribution in [3.05, 3.63) is 59.0 Å². The zero-order chi connectivity index (χ0) is 23.8. The van der Waals surface area contributed by atoms with Gasteiger partial charge in [0.25, 0.3) is 11.8 Å². The molecule has 0 saturated carbocycles. The van der Waals surface area contributed by atoms with Crippen molar-refractivity contribution in [1.29, 1.82) is 0 Å². The van der Waals surface area contributed by atoms with Crippen molar-refractivity contribution in [3.8, 4) is 11.3 Å². The number of hydrogen-bond acceptors (Lipinski definition) is 5. The number of rotatable bonds is 5. The van der Waals surface area contributed by atoms with Crippen LogP contribution < -0.4 is 16.8 Å². The Morgan fingerprint density at radius 2 is 1.84 bits per heavy atom. The Bertz CT molecular complexity index is 1200. The number of anilines is 2. The average Bonchev–Trinajstić information content (AvgIpc) is 3.04. The number of nitrogens with one attached hydrogen (secondary N) is 1. The molecule has 0 aliphatic rings. The van der Waals surface area contributed by atoms with Crippen LogP contribution in [0.15, 0.2) is 36.5 Å². The van der Waals surface area contributed by atoms with Gasteiger partial charge in [0.15, 0.2) is 0 Å². The first-order valence-corrected chi connectivity index (χ1v) is 9.22. The molecular formula is C20H18F4N6O2. The third-order valence-corrected chi connectivity index (χ3v) is 4.50. The second kappa shape index (κ2) is 8.29. The van der Waals surface area contributed by atoms with Gasteiger partial charge in [-0.3, -0.25) is 9.59 Å². The van der Waals surface area contributed by atoms with Gasteiger partial charge in [0.05, 0.1) is 5.56 Å². The Hall–Kier alpha value is -3.96. The standard InChI is InChI=1S/C20H18F4N6O2/c1-9(2)30-17(25)15(18(26)31)16(29-30)12-4-3-10(7-13(12)21)19(32)28-14-8-11(5-6-27-14)20(22,23)24/h3-9H,25H2,1-2H3,(H2,26,31)(H,27,28,32). The molecule has 0 spiro atoms. The number of amides is 2. The number of halogens is 4. The summed E-state index contributed by atoms with van der Waals surface area (Å²) in [7, 11) is 0. The summed E-state index contributed by atoms with van der Waals surface area (Å²) >= 11 is 0. The number of benzene rings is 1. The van der Waals surface area contributed by atoms with Crippen LogP contribution in [0.4, 0.5) is 29.2 Å². The van der Waals surface area contributed by atoms with E-state index in [-0.39, 0.29) is 40.1 Å². The number of carbonyl (C=O) groups excluding carboxylic acids is 2. The highest BCUT2D eigenvalue weighted by molar-refractivity contribution is 6.05.